The molecule has 4 rings (SSSR count). The van der Waals surface area contributed by atoms with Crippen LogP contribution >= 0.6 is 0 Å². The van der Waals surface area contributed by atoms with Crippen molar-refractivity contribution in [2.45, 2.75) is 63.3 Å². The van der Waals surface area contributed by atoms with E-state index in [9.17, 15) is 4.79 Å². The third kappa shape index (κ3) is 5.24. The molecule has 0 bridgehead atoms. The zero-order valence-corrected chi connectivity index (χ0v) is 21.2. The van der Waals surface area contributed by atoms with Crippen LogP contribution in [0.15, 0.2) is 96.0 Å². The van der Waals surface area contributed by atoms with E-state index in [1.165, 1.54) is 26.4 Å². The molecule has 3 aromatic carbocycles. The second kappa shape index (κ2) is 11.0. The monoisotopic (exact) mass is 467 g/mol. The van der Waals surface area contributed by atoms with Crippen molar-refractivity contribution in [1.82, 2.24) is 0 Å². The van der Waals surface area contributed by atoms with Crippen molar-refractivity contribution < 1.29 is 9.53 Å². The fourth-order valence-electron chi connectivity index (χ4n) is 5.57. The van der Waals surface area contributed by atoms with E-state index in [0.717, 1.165) is 35.2 Å². The molecule has 0 amide bonds. The molecule has 182 valence electrons. The Labute approximate surface area is 210 Å². The van der Waals surface area contributed by atoms with Gasteiger partial charge in [-0.2, -0.15) is 0 Å². The van der Waals surface area contributed by atoms with Crippen LogP contribution in [0.4, 0.5) is 0 Å². The van der Waals surface area contributed by atoms with E-state index >= 15 is 0 Å². The van der Waals surface area contributed by atoms with Crippen LogP contribution < -0.4 is 0 Å². The molecule has 1 aliphatic carbocycles. The van der Waals surface area contributed by atoms with Gasteiger partial charge in [0.2, 0.25) is 0 Å². The Morgan fingerprint density at radius 1 is 0.800 bits per heavy atom. The lowest BCUT2D eigenvalue weighted by Gasteiger charge is -2.45. The summed E-state index contributed by atoms with van der Waals surface area (Å²) in [5, 5.41) is 0. The van der Waals surface area contributed by atoms with Crippen LogP contribution in [0.1, 0.15) is 69.1 Å². The average molecular weight is 468 g/mol. The third-order valence-electron chi connectivity index (χ3n) is 7.76. The van der Waals surface area contributed by atoms with Crippen molar-refractivity contribution in [2.24, 2.45) is 10.9 Å². The number of esters is 1. The predicted molar refractivity (Wildman–Crippen MR) is 144 cm³/mol. The van der Waals surface area contributed by atoms with Crippen molar-refractivity contribution in [3.63, 3.8) is 0 Å². The largest absolute Gasteiger partial charge is 0.467 e. The first-order valence-electron chi connectivity index (χ1n) is 12.8. The van der Waals surface area contributed by atoms with Crippen molar-refractivity contribution in [2.75, 3.05) is 7.11 Å². The highest BCUT2D eigenvalue weighted by Gasteiger charge is 2.54. The van der Waals surface area contributed by atoms with E-state index < -0.39 is 11.0 Å². The van der Waals surface area contributed by atoms with Crippen LogP contribution in [0.5, 0.6) is 0 Å². The average Bonchev–Trinajstić information content (AvgIpc) is 2.92. The van der Waals surface area contributed by atoms with Crippen LogP contribution in [-0.2, 0) is 14.9 Å². The topological polar surface area (TPSA) is 38.7 Å². The Kier molecular flexibility index (Phi) is 7.85. The summed E-state index contributed by atoms with van der Waals surface area (Å²) in [6.07, 6.45) is 6.62. The number of aliphatic imine (C=N–C) groups is 1. The minimum absolute atomic E-state index is 0.263. The van der Waals surface area contributed by atoms with Crippen molar-refractivity contribution in [1.29, 1.82) is 0 Å². The van der Waals surface area contributed by atoms with E-state index in [0.29, 0.717) is 12.3 Å². The molecule has 1 aliphatic rings. The van der Waals surface area contributed by atoms with E-state index in [2.05, 4.69) is 50.2 Å². The predicted octanol–water partition coefficient (Wildman–Crippen LogP) is 7.38. The van der Waals surface area contributed by atoms with Crippen LogP contribution in [0.2, 0.25) is 0 Å². The summed E-state index contributed by atoms with van der Waals surface area (Å²) in [4.78, 5) is 19.5. The molecule has 0 saturated heterocycles. The summed E-state index contributed by atoms with van der Waals surface area (Å²) in [5.74, 6) is 0.170. The summed E-state index contributed by atoms with van der Waals surface area (Å²) in [6.45, 7) is 4.30. The number of benzene rings is 3. The first kappa shape index (κ1) is 24.9. The minimum Gasteiger partial charge on any atom is -0.467 e. The molecule has 0 spiro atoms. The van der Waals surface area contributed by atoms with Gasteiger partial charge in [-0.1, -0.05) is 137 Å². The first-order chi connectivity index (χ1) is 17.0. The van der Waals surface area contributed by atoms with Gasteiger partial charge in [-0.05, 0) is 17.9 Å². The third-order valence-corrected chi connectivity index (χ3v) is 7.76. The number of methoxy groups -OCH3 is 1. The summed E-state index contributed by atoms with van der Waals surface area (Å²) in [7, 11) is 1.50. The zero-order valence-electron chi connectivity index (χ0n) is 21.2. The lowest BCUT2D eigenvalue weighted by Crippen LogP contribution is -2.55. The van der Waals surface area contributed by atoms with Gasteiger partial charge in [-0.15, -0.1) is 0 Å². The lowest BCUT2D eigenvalue weighted by atomic mass is 9.63. The van der Waals surface area contributed by atoms with E-state index in [4.69, 9.17) is 9.73 Å². The number of ether oxygens (including phenoxy) is 1. The second-order valence-corrected chi connectivity index (χ2v) is 10.2. The molecule has 35 heavy (non-hydrogen) atoms. The van der Waals surface area contributed by atoms with Gasteiger partial charge in [0.15, 0.2) is 5.54 Å². The quantitative estimate of drug-likeness (QED) is 0.256. The Balaban J connectivity index is 1.99. The fraction of sp³-hybridized carbons (Fsp3) is 0.375. The maximum atomic E-state index is 14.0. The number of rotatable bonds is 8. The zero-order chi connectivity index (χ0) is 24.7. The Hall–Kier alpha value is -3.20. The number of carbonyl (C=O) groups is 1. The number of nitrogens with zero attached hydrogens (tertiary/aromatic N) is 1. The summed E-state index contributed by atoms with van der Waals surface area (Å²) >= 11 is 0. The van der Waals surface area contributed by atoms with Crippen LogP contribution in [0, 0.1) is 5.92 Å². The molecule has 3 nitrogen and oxygen atoms in total. The van der Waals surface area contributed by atoms with Gasteiger partial charge in [0.25, 0.3) is 0 Å². The SMILES string of the molecule is COC(=O)C(CC1CCCCC1)(N=C(c1ccccc1)c1ccccc1)C(C)(C)c1ccccc1. The van der Waals surface area contributed by atoms with Gasteiger partial charge < -0.3 is 4.74 Å². The molecule has 1 unspecified atom stereocenters. The van der Waals surface area contributed by atoms with E-state index in [1.54, 1.807) is 0 Å². The van der Waals surface area contributed by atoms with Gasteiger partial charge in [0, 0.05) is 16.5 Å². The molecule has 1 saturated carbocycles. The molecule has 0 aromatic heterocycles. The highest BCUT2D eigenvalue weighted by molar-refractivity contribution is 6.14. The highest BCUT2D eigenvalue weighted by atomic mass is 16.5. The van der Waals surface area contributed by atoms with Crippen LogP contribution in [-0.4, -0.2) is 24.3 Å². The molecule has 1 atom stereocenters. The number of hydrogen-bond acceptors (Lipinski definition) is 3. The second-order valence-electron chi connectivity index (χ2n) is 10.2. The van der Waals surface area contributed by atoms with E-state index in [-0.39, 0.29) is 5.97 Å². The first-order valence-corrected chi connectivity index (χ1v) is 12.8. The van der Waals surface area contributed by atoms with Crippen LogP contribution in [0.25, 0.3) is 0 Å². The Bertz CT molecular complexity index is 1070. The molecule has 1 fully saturated rings. The molecule has 0 N–H and O–H groups in total. The molecule has 3 aromatic rings. The summed E-state index contributed by atoms with van der Waals surface area (Å²) in [5.41, 5.74) is 2.25. The van der Waals surface area contributed by atoms with Crippen molar-refractivity contribution in [3.05, 3.63) is 108 Å². The summed E-state index contributed by atoms with van der Waals surface area (Å²) < 4.78 is 5.59. The van der Waals surface area contributed by atoms with Crippen molar-refractivity contribution in [3.8, 4) is 0 Å². The van der Waals surface area contributed by atoms with Gasteiger partial charge in [0.1, 0.15) is 0 Å². The van der Waals surface area contributed by atoms with Gasteiger partial charge in [0.05, 0.1) is 12.8 Å². The number of carbonyl (C=O) groups excluding carboxylic acids is 1. The molecule has 0 heterocycles. The van der Waals surface area contributed by atoms with Crippen LogP contribution in [0.3, 0.4) is 0 Å². The van der Waals surface area contributed by atoms with E-state index in [1.807, 2.05) is 54.6 Å². The fourth-order valence-corrected chi connectivity index (χ4v) is 5.57. The van der Waals surface area contributed by atoms with Crippen molar-refractivity contribution >= 4 is 11.7 Å². The van der Waals surface area contributed by atoms with Gasteiger partial charge >= 0.3 is 5.97 Å². The molecule has 0 aliphatic heterocycles. The standard InChI is InChI=1S/C32H37NO2/c1-31(2,28-22-14-7-15-23-28)32(30(34)35-3,24-25-16-8-4-9-17-25)33-29(26-18-10-5-11-19-26)27-20-12-6-13-21-27/h5-7,10-15,18-23,25H,4,8-9,16-17,24H2,1-3H3. The molecular formula is C32H37NO2. The summed E-state index contributed by atoms with van der Waals surface area (Å²) in [6, 6.07) is 30.7. The molecule has 3 heteroatoms. The maximum absolute atomic E-state index is 14.0. The smallest absolute Gasteiger partial charge is 0.334 e. The Morgan fingerprint density at radius 2 is 1.29 bits per heavy atom. The van der Waals surface area contributed by atoms with Gasteiger partial charge in [-0.25, -0.2) is 4.79 Å². The molecular weight excluding hydrogens is 430 g/mol. The maximum Gasteiger partial charge on any atom is 0.334 e. The normalized spacial score (nSPS) is 16.2. The minimum atomic E-state index is -1.08. The number of hydrogen-bond donors (Lipinski definition) is 0. The molecule has 0 radical (unpaired) electrons. The van der Waals surface area contributed by atoms with Gasteiger partial charge in [-0.3, -0.25) is 4.99 Å². The lowest BCUT2D eigenvalue weighted by molar-refractivity contribution is -0.150. The highest BCUT2D eigenvalue weighted by Crippen LogP contribution is 2.46. The Morgan fingerprint density at radius 3 is 1.77 bits per heavy atom.